The number of allylic oxidation sites excluding steroid dienone is 5. The predicted molar refractivity (Wildman–Crippen MR) is 96.1 cm³/mol. The number of carbonyl (C=O) groups is 1. The number of aliphatic carboxylic acids is 1. The highest BCUT2D eigenvalue weighted by molar-refractivity contribution is 5.80. The summed E-state index contributed by atoms with van der Waals surface area (Å²) < 4.78 is 37.7. The van der Waals surface area contributed by atoms with Crippen LogP contribution in [-0.2, 0) is 4.79 Å². The summed E-state index contributed by atoms with van der Waals surface area (Å²) >= 11 is 0. The van der Waals surface area contributed by atoms with Crippen LogP contribution >= 0.6 is 0 Å². The predicted octanol–water partition coefficient (Wildman–Crippen LogP) is 6.44. The first-order valence-electron chi connectivity index (χ1n) is 11.1. The quantitative estimate of drug-likeness (QED) is 0.215. The Bertz CT molecular complexity index is 538. The van der Waals surface area contributed by atoms with Gasteiger partial charge in [0.05, 0.1) is 6.85 Å². The molecule has 1 N–H and O–H groups in total. The maximum Gasteiger partial charge on any atom is 0.328 e. The van der Waals surface area contributed by atoms with Gasteiger partial charge in [0.1, 0.15) is 0 Å². The molecule has 0 aliphatic rings. The fraction of sp³-hybridized carbons (Fsp3) is 0.650. The number of rotatable bonds is 15. The smallest absolute Gasteiger partial charge is 0.328 e. The number of hydrogen-bond donors (Lipinski definition) is 1. The van der Waals surface area contributed by atoms with Gasteiger partial charge in [-0.1, -0.05) is 101 Å². The van der Waals surface area contributed by atoms with E-state index < -0.39 is 30.2 Å². The summed E-state index contributed by atoms with van der Waals surface area (Å²) in [4.78, 5) is 10.6. The lowest BCUT2D eigenvalue weighted by atomic mass is 10.1. The Labute approximate surface area is 144 Å². The third-order valence-corrected chi connectivity index (χ3v) is 3.42. The molecule has 2 nitrogen and oxygen atoms in total. The van der Waals surface area contributed by atoms with Gasteiger partial charge in [0, 0.05) is 6.05 Å². The van der Waals surface area contributed by atoms with Crippen molar-refractivity contribution in [1.29, 1.82) is 0 Å². The summed E-state index contributed by atoms with van der Waals surface area (Å²) in [5, 5.41) is 8.65. The van der Waals surface area contributed by atoms with Crippen molar-refractivity contribution in [3.05, 3.63) is 36.3 Å². The van der Waals surface area contributed by atoms with Crippen molar-refractivity contribution in [2.75, 3.05) is 0 Å². The second kappa shape index (κ2) is 17.7. The van der Waals surface area contributed by atoms with E-state index in [1.165, 1.54) is 57.4 Å². The van der Waals surface area contributed by atoms with Crippen LogP contribution < -0.4 is 0 Å². The molecule has 0 aromatic rings. The van der Waals surface area contributed by atoms with Gasteiger partial charge < -0.3 is 5.11 Å². The Balaban J connectivity index is 4.07. The molecular weight excluding hydrogens is 272 g/mol. The van der Waals surface area contributed by atoms with E-state index in [0.717, 1.165) is 19.3 Å². The monoisotopic (exact) mass is 311 g/mol. The highest BCUT2D eigenvalue weighted by Gasteiger charge is 1.92. The van der Waals surface area contributed by atoms with Crippen LogP contribution in [0.5, 0.6) is 0 Å². The van der Waals surface area contributed by atoms with Gasteiger partial charge in [0.15, 0.2) is 0 Å². The highest BCUT2D eigenvalue weighted by Crippen LogP contribution is 2.11. The molecule has 126 valence electrons. The van der Waals surface area contributed by atoms with Gasteiger partial charge in [-0.05, 0) is 12.8 Å². The van der Waals surface area contributed by atoms with E-state index in [4.69, 9.17) is 12.0 Å². The molecule has 0 unspecified atom stereocenters. The summed E-state index contributed by atoms with van der Waals surface area (Å²) in [6.07, 6.45) is 15.7. The molecule has 0 atom stereocenters. The van der Waals surface area contributed by atoms with Crippen molar-refractivity contribution in [3.8, 4) is 0 Å². The first-order chi connectivity index (χ1) is 12.8. The van der Waals surface area contributed by atoms with Crippen molar-refractivity contribution in [1.82, 2.24) is 0 Å². The summed E-state index contributed by atoms with van der Waals surface area (Å²) in [7, 11) is 0. The fourth-order valence-electron chi connectivity index (χ4n) is 2.19. The molecule has 0 radical (unpaired) electrons. The van der Waals surface area contributed by atoms with Crippen LogP contribution in [0, 0.1) is 0 Å². The Hall–Kier alpha value is -1.31. The number of carboxylic acid groups (broad SMARTS) is 1. The molecule has 0 saturated carbocycles. The Morgan fingerprint density at radius 1 is 0.818 bits per heavy atom. The summed E-state index contributed by atoms with van der Waals surface area (Å²) in [5.41, 5.74) is 0. The lowest BCUT2D eigenvalue weighted by Gasteiger charge is -2.01. The standard InChI is InChI=1S/C20H34O2/c1-2-3-4-5-6-7-8-9-10-11-12-13-14-15-16-17-18-19-20(21)22/h14-19H,2-13H2,1H3,(H,21,22)/i15D,16D,17D,18D,19D. The van der Waals surface area contributed by atoms with Crippen molar-refractivity contribution >= 4 is 5.97 Å². The Morgan fingerprint density at radius 3 is 1.86 bits per heavy atom. The second-order valence-corrected chi connectivity index (χ2v) is 5.48. The molecule has 22 heavy (non-hydrogen) atoms. The molecular formula is C20H34O2. The molecule has 0 aliphatic carbocycles. The first-order valence-corrected chi connectivity index (χ1v) is 8.58. The van der Waals surface area contributed by atoms with Crippen LogP contribution in [0.15, 0.2) is 36.3 Å². The van der Waals surface area contributed by atoms with Crippen LogP contribution in [0.25, 0.3) is 0 Å². The van der Waals surface area contributed by atoms with E-state index in [2.05, 4.69) is 6.92 Å². The van der Waals surface area contributed by atoms with Crippen LogP contribution in [0.4, 0.5) is 0 Å². The number of carboxylic acids is 1. The topological polar surface area (TPSA) is 37.3 Å². The third kappa shape index (κ3) is 18.7. The van der Waals surface area contributed by atoms with Crippen molar-refractivity contribution in [2.24, 2.45) is 0 Å². The van der Waals surface area contributed by atoms with Crippen LogP contribution in [0.2, 0.25) is 0 Å². The maximum absolute atomic E-state index is 10.6. The maximum atomic E-state index is 10.6. The molecule has 0 fully saturated rings. The van der Waals surface area contributed by atoms with E-state index >= 15 is 0 Å². The first kappa shape index (κ1) is 13.2. The molecule has 0 bridgehead atoms. The molecule has 0 saturated heterocycles. The zero-order chi connectivity index (χ0) is 20.7. The van der Waals surface area contributed by atoms with Gasteiger partial charge in [-0.3, -0.25) is 0 Å². The van der Waals surface area contributed by atoms with Gasteiger partial charge in [-0.2, -0.15) is 0 Å². The molecule has 0 aromatic heterocycles. The third-order valence-electron chi connectivity index (χ3n) is 3.42. The molecule has 0 heterocycles. The van der Waals surface area contributed by atoms with Crippen LogP contribution in [0.3, 0.4) is 0 Å². The molecule has 2 heteroatoms. The normalized spacial score (nSPS) is 17.5. The van der Waals surface area contributed by atoms with Gasteiger partial charge in [-0.15, -0.1) is 0 Å². The van der Waals surface area contributed by atoms with E-state index in [1.54, 1.807) is 0 Å². The van der Waals surface area contributed by atoms with E-state index in [1.807, 2.05) is 0 Å². The largest absolute Gasteiger partial charge is 0.478 e. The minimum atomic E-state index is -1.62. The molecule has 0 spiro atoms. The van der Waals surface area contributed by atoms with Crippen LogP contribution in [0.1, 0.15) is 90.8 Å². The second-order valence-electron chi connectivity index (χ2n) is 5.48. The number of hydrogen-bond acceptors (Lipinski definition) is 1. The van der Waals surface area contributed by atoms with Gasteiger partial charge in [-0.25, -0.2) is 4.79 Å². The van der Waals surface area contributed by atoms with Crippen molar-refractivity contribution in [2.45, 2.75) is 84.0 Å². The Kier molecular flexibility index (Phi) is 10.6. The lowest BCUT2D eigenvalue weighted by molar-refractivity contribution is -0.131. The Morgan fingerprint density at radius 2 is 1.32 bits per heavy atom. The summed E-state index contributed by atoms with van der Waals surface area (Å²) in [5.74, 6) is -1.62. The fourth-order valence-corrected chi connectivity index (χ4v) is 2.19. The minimum absolute atomic E-state index is 0.199. The number of unbranched alkanes of at least 4 members (excludes halogenated alkanes) is 11. The molecule has 0 rings (SSSR count). The zero-order valence-electron chi connectivity index (χ0n) is 18.9. The van der Waals surface area contributed by atoms with E-state index in [-0.39, 0.29) is 6.05 Å². The molecule has 0 aliphatic heterocycles. The van der Waals surface area contributed by atoms with E-state index in [0.29, 0.717) is 6.42 Å². The summed E-state index contributed by atoms with van der Waals surface area (Å²) in [6, 6.07) is -3.31. The average molecular weight is 312 g/mol. The molecule has 0 amide bonds. The zero-order valence-corrected chi connectivity index (χ0v) is 13.9. The highest BCUT2D eigenvalue weighted by atomic mass is 16.4. The van der Waals surface area contributed by atoms with Gasteiger partial charge in [0.2, 0.25) is 0 Å². The van der Waals surface area contributed by atoms with Gasteiger partial charge in [0.25, 0.3) is 0 Å². The van der Waals surface area contributed by atoms with Crippen molar-refractivity contribution < 1.29 is 16.8 Å². The minimum Gasteiger partial charge on any atom is -0.478 e. The lowest BCUT2D eigenvalue weighted by Crippen LogP contribution is -1.84. The van der Waals surface area contributed by atoms with Gasteiger partial charge >= 0.3 is 5.97 Å². The van der Waals surface area contributed by atoms with Crippen molar-refractivity contribution in [3.63, 3.8) is 0 Å². The van der Waals surface area contributed by atoms with E-state index in [9.17, 15) is 4.79 Å². The van der Waals surface area contributed by atoms with Crippen LogP contribution in [-0.4, -0.2) is 11.1 Å². The summed E-state index contributed by atoms with van der Waals surface area (Å²) in [6.45, 7) is 2.22. The SMILES string of the molecule is [2H]C(=CCCCCCCCCCCCCC)C([2H])=C([2H])C([2H])=C([2H])C(=O)O. The molecule has 0 aromatic carbocycles. The average Bonchev–Trinajstić information content (AvgIpc) is 2.66.